The number of rotatable bonds is 2. The van der Waals surface area contributed by atoms with Gasteiger partial charge in [0.2, 0.25) is 0 Å². The number of hydrogen-bond acceptors (Lipinski definition) is 4. The summed E-state index contributed by atoms with van der Waals surface area (Å²) in [6.45, 7) is 0. The highest BCUT2D eigenvalue weighted by Gasteiger charge is 2.12. The number of aryl methyl sites for hydroxylation is 1. The van der Waals surface area contributed by atoms with Gasteiger partial charge in [0.25, 0.3) is 5.91 Å². The van der Waals surface area contributed by atoms with Crippen molar-refractivity contribution in [3.05, 3.63) is 27.0 Å². The van der Waals surface area contributed by atoms with Crippen molar-refractivity contribution in [2.45, 2.75) is 0 Å². The molecule has 0 aliphatic rings. The van der Waals surface area contributed by atoms with Crippen molar-refractivity contribution >= 4 is 44.7 Å². The summed E-state index contributed by atoms with van der Waals surface area (Å²) in [5.41, 5.74) is 6.12. The Kier molecular flexibility index (Phi) is 2.97. The molecule has 0 radical (unpaired) electrons. The summed E-state index contributed by atoms with van der Waals surface area (Å²) in [5.74, 6) is 0.320. The third kappa shape index (κ3) is 2.10. The molecule has 0 unspecified atom stereocenters. The molecule has 7 heteroatoms. The summed E-state index contributed by atoms with van der Waals surface area (Å²) in [7, 11) is 1.72. The maximum absolute atomic E-state index is 11.8. The highest BCUT2D eigenvalue weighted by molar-refractivity contribution is 9.11. The van der Waals surface area contributed by atoms with Crippen LogP contribution in [-0.2, 0) is 7.05 Å². The van der Waals surface area contributed by atoms with Crippen molar-refractivity contribution in [1.29, 1.82) is 0 Å². The van der Waals surface area contributed by atoms with E-state index in [1.165, 1.54) is 22.2 Å². The number of nitrogens with one attached hydrogen (secondary N) is 1. The van der Waals surface area contributed by atoms with Crippen LogP contribution in [0.1, 0.15) is 9.67 Å². The Hall–Kier alpha value is -1.34. The molecule has 3 N–H and O–H groups in total. The second kappa shape index (κ2) is 4.26. The molecular formula is C9H9BrN4OS. The van der Waals surface area contributed by atoms with Gasteiger partial charge in [-0.3, -0.25) is 9.48 Å². The molecule has 0 saturated carbocycles. The molecule has 0 atom stereocenters. The second-order valence-electron chi connectivity index (χ2n) is 3.13. The molecule has 0 aromatic carbocycles. The van der Waals surface area contributed by atoms with E-state index >= 15 is 0 Å². The standard InChI is InChI=1S/C9H9BrN4OS/c1-14-8(5(11)4-12-14)13-9(15)6-2-3-7(10)16-6/h2-4H,11H2,1H3,(H,13,15). The summed E-state index contributed by atoms with van der Waals surface area (Å²) in [4.78, 5) is 12.4. The molecule has 2 rings (SSSR count). The summed E-state index contributed by atoms with van der Waals surface area (Å²) in [5, 5.41) is 6.65. The van der Waals surface area contributed by atoms with E-state index in [-0.39, 0.29) is 5.91 Å². The molecule has 0 aliphatic carbocycles. The minimum Gasteiger partial charge on any atom is -0.394 e. The van der Waals surface area contributed by atoms with Crippen LogP contribution >= 0.6 is 27.3 Å². The predicted molar refractivity (Wildman–Crippen MR) is 67.6 cm³/mol. The topological polar surface area (TPSA) is 72.9 Å². The smallest absolute Gasteiger partial charge is 0.266 e. The lowest BCUT2D eigenvalue weighted by Gasteiger charge is -2.04. The number of thiophene rings is 1. The third-order valence-electron chi connectivity index (χ3n) is 2.00. The molecule has 0 aliphatic heterocycles. The summed E-state index contributed by atoms with van der Waals surface area (Å²) >= 11 is 4.67. The number of nitrogen functional groups attached to an aromatic ring is 1. The Labute approximate surface area is 104 Å². The van der Waals surface area contributed by atoms with Crippen LogP contribution in [0.2, 0.25) is 0 Å². The van der Waals surface area contributed by atoms with Crippen LogP contribution < -0.4 is 11.1 Å². The molecule has 1 amide bonds. The molecule has 0 fully saturated rings. The molecule has 0 saturated heterocycles. The van der Waals surface area contributed by atoms with E-state index < -0.39 is 0 Å². The Morgan fingerprint density at radius 1 is 1.62 bits per heavy atom. The lowest BCUT2D eigenvalue weighted by Crippen LogP contribution is -2.14. The number of nitrogens with zero attached hydrogens (tertiary/aromatic N) is 2. The molecule has 5 nitrogen and oxygen atoms in total. The van der Waals surface area contributed by atoms with E-state index in [1.54, 1.807) is 13.1 Å². The number of hydrogen-bond donors (Lipinski definition) is 2. The number of halogens is 1. The predicted octanol–water partition coefficient (Wildman–Crippen LogP) is 2.08. The van der Waals surface area contributed by atoms with Gasteiger partial charge < -0.3 is 11.1 Å². The van der Waals surface area contributed by atoms with Gasteiger partial charge >= 0.3 is 0 Å². The van der Waals surface area contributed by atoms with Gasteiger partial charge in [-0.1, -0.05) is 0 Å². The first-order valence-electron chi connectivity index (χ1n) is 4.42. The normalized spacial score (nSPS) is 10.4. The summed E-state index contributed by atoms with van der Waals surface area (Å²) in [6, 6.07) is 3.57. The van der Waals surface area contributed by atoms with E-state index in [0.29, 0.717) is 16.4 Å². The average molecular weight is 301 g/mol. The number of carbonyl (C=O) groups is 1. The number of nitrogens with two attached hydrogens (primary N) is 1. The van der Waals surface area contributed by atoms with E-state index in [2.05, 4.69) is 26.3 Å². The quantitative estimate of drug-likeness (QED) is 0.892. The first-order chi connectivity index (χ1) is 7.58. The van der Waals surface area contributed by atoms with Crippen LogP contribution in [0, 0.1) is 0 Å². The van der Waals surface area contributed by atoms with E-state index in [0.717, 1.165) is 3.79 Å². The molecule has 2 aromatic heterocycles. The van der Waals surface area contributed by atoms with Crippen LogP contribution in [0.5, 0.6) is 0 Å². The molecule has 0 bridgehead atoms. The van der Waals surface area contributed by atoms with Crippen molar-refractivity contribution in [2.75, 3.05) is 11.1 Å². The van der Waals surface area contributed by atoms with Gasteiger partial charge in [0.1, 0.15) is 0 Å². The zero-order valence-corrected chi connectivity index (χ0v) is 10.8. The van der Waals surface area contributed by atoms with Crippen LogP contribution in [0.25, 0.3) is 0 Å². The van der Waals surface area contributed by atoms with Crippen molar-refractivity contribution in [3.8, 4) is 0 Å². The van der Waals surface area contributed by atoms with Gasteiger partial charge in [-0.05, 0) is 28.1 Å². The van der Waals surface area contributed by atoms with Gasteiger partial charge in [-0.2, -0.15) is 5.10 Å². The molecular weight excluding hydrogens is 292 g/mol. The molecule has 16 heavy (non-hydrogen) atoms. The van der Waals surface area contributed by atoms with Gasteiger partial charge in [0, 0.05) is 7.05 Å². The first kappa shape index (κ1) is 11.2. The van der Waals surface area contributed by atoms with Crippen LogP contribution in [0.3, 0.4) is 0 Å². The van der Waals surface area contributed by atoms with Gasteiger partial charge in [0.05, 0.1) is 20.5 Å². The van der Waals surface area contributed by atoms with E-state index in [4.69, 9.17) is 5.73 Å². The molecule has 84 valence electrons. The second-order valence-corrected chi connectivity index (χ2v) is 5.59. The molecule has 2 heterocycles. The molecule has 0 spiro atoms. The fourth-order valence-corrected chi connectivity index (χ4v) is 2.49. The monoisotopic (exact) mass is 300 g/mol. The number of anilines is 2. The Balaban J connectivity index is 2.20. The summed E-state index contributed by atoms with van der Waals surface area (Å²) < 4.78 is 2.44. The largest absolute Gasteiger partial charge is 0.394 e. The number of amides is 1. The maximum Gasteiger partial charge on any atom is 0.266 e. The zero-order chi connectivity index (χ0) is 11.7. The first-order valence-corrected chi connectivity index (χ1v) is 6.03. The highest BCUT2D eigenvalue weighted by Crippen LogP contribution is 2.24. The van der Waals surface area contributed by atoms with Gasteiger partial charge in [-0.25, -0.2) is 0 Å². The van der Waals surface area contributed by atoms with Crippen molar-refractivity contribution in [1.82, 2.24) is 9.78 Å². The van der Waals surface area contributed by atoms with Crippen LogP contribution in [-0.4, -0.2) is 15.7 Å². The number of aromatic nitrogens is 2. The van der Waals surface area contributed by atoms with Crippen LogP contribution in [0.15, 0.2) is 22.1 Å². The third-order valence-corrected chi connectivity index (χ3v) is 3.62. The summed E-state index contributed by atoms with van der Waals surface area (Å²) in [6.07, 6.45) is 1.50. The van der Waals surface area contributed by atoms with Crippen molar-refractivity contribution < 1.29 is 4.79 Å². The Morgan fingerprint density at radius 3 is 2.88 bits per heavy atom. The maximum atomic E-state index is 11.8. The van der Waals surface area contributed by atoms with Gasteiger partial charge in [0.15, 0.2) is 5.82 Å². The molecule has 2 aromatic rings. The van der Waals surface area contributed by atoms with E-state index in [1.807, 2.05) is 6.07 Å². The van der Waals surface area contributed by atoms with E-state index in [9.17, 15) is 4.79 Å². The number of carbonyl (C=O) groups excluding carboxylic acids is 1. The lowest BCUT2D eigenvalue weighted by atomic mass is 10.4. The highest BCUT2D eigenvalue weighted by atomic mass is 79.9. The van der Waals surface area contributed by atoms with Crippen LogP contribution in [0.4, 0.5) is 11.5 Å². The minimum absolute atomic E-state index is 0.189. The van der Waals surface area contributed by atoms with Crippen molar-refractivity contribution in [3.63, 3.8) is 0 Å². The fraction of sp³-hybridized carbons (Fsp3) is 0.111. The Bertz CT molecular complexity index is 514. The minimum atomic E-state index is -0.189. The fourth-order valence-electron chi connectivity index (χ4n) is 1.21. The average Bonchev–Trinajstić information content (AvgIpc) is 2.79. The zero-order valence-electron chi connectivity index (χ0n) is 8.40. The van der Waals surface area contributed by atoms with Crippen molar-refractivity contribution in [2.24, 2.45) is 7.05 Å². The SMILES string of the molecule is Cn1ncc(N)c1NC(=O)c1ccc(Br)s1. The Morgan fingerprint density at radius 2 is 2.38 bits per heavy atom. The lowest BCUT2D eigenvalue weighted by molar-refractivity contribution is 0.102. The van der Waals surface area contributed by atoms with Gasteiger partial charge in [-0.15, -0.1) is 11.3 Å².